The maximum atomic E-state index is 12.3. The van der Waals surface area contributed by atoms with Crippen molar-refractivity contribution in [2.75, 3.05) is 13.7 Å². The molecule has 2 atom stereocenters. The van der Waals surface area contributed by atoms with E-state index in [2.05, 4.69) is 4.79 Å². The molecule has 1 N–H and O–H groups in total. The third-order valence-electron chi connectivity index (χ3n) is 3.90. The molecule has 0 aliphatic carbocycles. The molecule has 0 unspecified atom stereocenters. The molecule has 20 heavy (non-hydrogen) atoms. The quantitative estimate of drug-likeness (QED) is 0.341. The van der Waals surface area contributed by atoms with E-state index in [1.165, 1.54) is 11.9 Å². The molecule has 0 aromatic heterocycles. The van der Waals surface area contributed by atoms with Gasteiger partial charge in [-0.2, -0.15) is 4.79 Å². The van der Waals surface area contributed by atoms with Crippen LogP contribution in [0.1, 0.15) is 27.7 Å². The molecule has 1 amide bonds. The van der Waals surface area contributed by atoms with Gasteiger partial charge in [-0.05, 0) is 19.8 Å². The summed E-state index contributed by atoms with van der Waals surface area (Å²) in [7, 11) is 1.52. The lowest BCUT2D eigenvalue weighted by Crippen LogP contribution is -2.54. The van der Waals surface area contributed by atoms with E-state index in [1.54, 1.807) is 13.8 Å². The molecule has 0 radical (unpaired) electrons. The summed E-state index contributed by atoms with van der Waals surface area (Å²) in [5.74, 6) is -1.59. The molecule has 1 fully saturated rings. The van der Waals surface area contributed by atoms with Crippen LogP contribution in [0.5, 0.6) is 0 Å². The highest BCUT2D eigenvalue weighted by Gasteiger charge is 2.60. The number of rotatable bonds is 4. The Balaban J connectivity index is 3.24. The van der Waals surface area contributed by atoms with Crippen molar-refractivity contribution >= 4 is 17.6 Å². The van der Waals surface area contributed by atoms with Crippen molar-refractivity contribution < 1.29 is 24.3 Å². The van der Waals surface area contributed by atoms with Crippen LogP contribution < -0.4 is 0 Å². The normalized spacial score (nSPS) is 26.9. The molecular weight excluding hydrogens is 264 g/mol. The van der Waals surface area contributed by atoms with Crippen molar-refractivity contribution in [1.82, 2.24) is 9.96 Å². The number of hydrogen-bond acceptors (Lipinski definition) is 5. The fourth-order valence-electron chi connectivity index (χ4n) is 2.22. The summed E-state index contributed by atoms with van der Waals surface area (Å²) in [5, 5.41) is 11.1. The summed E-state index contributed by atoms with van der Waals surface area (Å²) in [6.07, 6.45) is 0. The minimum absolute atomic E-state index is 0.0709. The Morgan fingerprint density at radius 2 is 2.15 bits per heavy atom. The molecule has 1 aliphatic rings. The lowest BCUT2D eigenvalue weighted by molar-refractivity contribution is -0.204. The van der Waals surface area contributed by atoms with E-state index < -0.39 is 29.3 Å². The van der Waals surface area contributed by atoms with Crippen LogP contribution in [-0.2, 0) is 14.3 Å². The second kappa shape index (κ2) is 5.70. The van der Waals surface area contributed by atoms with Gasteiger partial charge in [0.15, 0.2) is 0 Å². The van der Waals surface area contributed by atoms with E-state index in [1.807, 2.05) is 13.8 Å². The zero-order valence-electron chi connectivity index (χ0n) is 12.3. The molecule has 1 aliphatic heterocycles. The Morgan fingerprint density at radius 1 is 1.60 bits per heavy atom. The standard InChI is InChI=1S/C12H20N4O4/c1-6-20-11(18)8(14-13)9-10(17)15(5)12(4,7(2)3)16(9)19/h7,9,19H,6H2,1-5H3/t9-,12-/m1/s1. The van der Waals surface area contributed by atoms with E-state index in [4.69, 9.17) is 10.3 Å². The van der Waals surface area contributed by atoms with Crippen molar-refractivity contribution in [1.29, 1.82) is 0 Å². The van der Waals surface area contributed by atoms with Gasteiger partial charge in [0.05, 0.1) is 6.61 Å². The van der Waals surface area contributed by atoms with E-state index >= 15 is 0 Å². The smallest absolute Gasteiger partial charge is 0.419 e. The lowest BCUT2D eigenvalue weighted by Gasteiger charge is -2.39. The molecule has 1 heterocycles. The van der Waals surface area contributed by atoms with Crippen LogP contribution in [0, 0.1) is 5.92 Å². The number of amides is 1. The third-order valence-corrected chi connectivity index (χ3v) is 3.90. The summed E-state index contributed by atoms with van der Waals surface area (Å²) in [4.78, 5) is 28.2. The molecule has 1 saturated heterocycles. The number of carbonyl (C=O) groups is 2. The molecule has 0 spiro atoms. The van der Waals surface area contributed by atoms with E-state index in [-0.39, 0.29) is 12.5 Å². The van der Waals surface area contributed by atoms with Crippen molar-refractivity contribution in [2.45, 2.75) is 39.4 Å². The van der Waals surface area contributed by atoms with Gasteiger partial charge in [-0.3, -0.25) is 4.79 Å². The van der Waals surface area contributed by atoms with E-state index in [0.717, 1.165) is 5.06 Å². The van der Waals surface area contributed by atoms with Gasteiger partial charge in [0.25, 0.3) is 5.91 Å². The first-order valence-corrected chi connectivity index (χ1v) is 6.38. The van der Waals surface area contributed by atoms with Gasteiger partial charge >= 0.3 is 11.7 Å². The summed E-state index contributed by atoms with van der Waals surface area (Å²) >= 11 is 0. The van der Waals surface area contributed by atoms with Crippen LogP contribution in [0.4, 0.5) is 0 Å². The summed E-state index contributed by atoms with van der Waals surface area (Å²) in [6, 6.07) is -1.38. The van der Waals surface area contributed by atoms with Gasteiger partial charge in [0.1, 0.15) is 5.66 Å². The number of esters is 1. The van der Waals surface area contributed by atoms with Crippen LogP contribution in [0.25, 0.3) is 5.53 Å². The lowest BCUT2D eigenvalue weighted by atomic mass is 9.97. The maximum absolute atomic E-state index is 12.3. The highest BCUT2D eigenvalue weighted by atomic mass is 16.5. The van der Waals surface area contributed by atoms with Gasteiger partial charge in [-0.1, -0.05) is 13.8 Å². The van der Waals surface area contributed by atoms with Crippen molar-refractivity contribution in [3.8, 4) is 0 Å². The average molecular weight is 284 g/mol. The molecule has 0 aromatic carbocycles. The first-order valence-electron chi connectivity index (χ1n) is 6.38. The van der Waals surface area contributed by atoms with Crippen LogP contribution in [0.2, 0.25) is 0 Å². The Morgan fingerprint density at radius 3 is 2.50 bits per heavy atom. The number of hydroxylamine groups is 2. The van der Waals surface area contributed by atoms with Crippen LogP contribution in [0.3, 0.4) is 0 Å². The zero-order chi connectivity index (χ0) is 15.7. The minimum Gasteiger partial charge on any atom is -0.457 e. The summed E-state index contributed by atoms with van der Waals surface area (Å²) < 4.78 is 4.73. The summed E-state index contributed by atoms with van der Waals surface area (Å²) in [6.45, 7) is 6.98. The monoisotopic (exact) mass is 284 g/mol. The first-order chi connectivity index (χ1) is 9.23. The molecule has 0 aromatic rings. The Bertz CT molecular complexity index is 472. The highest BCUT2D eigenvalue weighted by molar-refractivity contribution is 6.40. The van der Waals surface area contributed by atoms with Crippen LogP contribution in [0.15, 0.2) is 0 Å². The minimum atomic E-state index is -1.38. The third kappa shape index (κ3) is 2.22. The average Bonchev–Trinajstić information content (AvgIpc) is 2.56. The zero-order valence-corrected chi connectivity index (χ0v) is 12.3. The number of carbonyl (C=O) groups excluding carboxylic acids is 2. The van der Waals surface area contributed by atoms with E-state index in [0.29, 0.717) is 0 Å². The molecule has 8 nitrogen and oxygen atoms in total. The van der Waals surface area contributed by atoms with Gasteiger partial charge in [-0.25, -0.2) is 4.79 Å². The molecule has 8 heteroatoms. The van der Waals surface area contributed by atoms with Crippen molar-refractivity contribution in [3.63, 3.8) is 0 Å². The molecule has 0 saturated carbocycles. The Hall–Kier alpha value is -1.76. The second-order valence-electron chi connectivity index (χ2n) is 5.10. The first kappa shape index (κ1) is 16.3. The van der Waals surface area contributed by atoms with Crippen molar-refractivity contribution in [2.24, 2.45) is 5.92 Å². The fourth-order valence-corrected chi connectivity index (χ4v) is 2.22. The maximum Gasteiger partial charge on any atom is 0.419 e. The summed E-state index contributed by atoms with van der Waals surface area (Å²) in [5.41, 5.74) is 7.45. The molecule has 0 bridgehead atoms. The van der Waals surface area contributed by atoms with Gasteiger partial charge < -0.3 is 20.4 Å². The van der Waals surface area contributed by atoms with Crippen LogP contribution >= 0.6 is 0 Å². The van der Waals surface area contributed by atoms with E-state index in [9.17, 15) is 14.8 Å². The van der Waals surface area contributed by atoms with Crippen molar-refractivity contribution in [3.05, 3.63) is 5.53 Å². The number of hydrogen-bond donors (Lipinski definition) is 1. The SMILES string of the molecule is CCOC(=O)C(=[N+]=[N-])[C@@H]1C(=O)N(C)[C@@](C)(C(C)C)N1O. The second-order valence-corrected chi connectivity index (χ2v) is 5.10. The predicted molar refractivity (Wildman–Crippen MR) is 68.7 cm³/mol. The number of ether oxygens (including phenoxy) is 1. The van der Waals surface area contributed by atoms with Gasteiger partial charge in [0, 0.05) is 7.05 Å². The van der Waals surface area contributed by atoms with Crippen LogP contribution in [-0.4, -0.2) is 62.9 Å². The molecular formula is C12H20N4O4. The van der Waals surface area contributed by atoms with Gasteiger partial charge in [-0.15, -0.1) is 5.06 Å². The van der Waals surface area contributed by atoms with Gasteiger partial charge in [0.2, 0.25) is 6.04 Å². The largest absolute Gasteiger partial charge is 0.457 e. The number of likely N-dealkylation sites (N-methyl/N-ethyl adjacent to an activating group) is 1. The Labute approximate surface area is 117 Å². The highest BCUT2D eigenvalue weighted by Crippen LogP contribution is 2.35. The Kier molecular flexibility index (Phi) is 4.65. The molecule has 1 rings (SSSR count). The fraction of sp³-hybridized carbons (Fsp3) is 0.750. The molecule has 112 valence electrons. The predicted octanol–water partition coefficient (Wildman–Crippen LogP) is 0.124. The topological polar surface area (TPSA) is 106 Å². The number of nitrogens with zero attached hydrogens (tertiary/aromatic N) is 4.